The summed E-state index contributed by atoms with van der Waals surface area (Å²) < 4.78 is 41.2. The second-order valence-electron chi connectivity index (χ2n) is 6.36. The molecule has 0 spiro atoms. The monoisotopic (exact) mass is 386 g/mol. The minimum atomic E-state index is -3.07. The summed E-state index contributed by atoms with van der Waals surface area (Å²) in [5.74, 6) is -3.98. The number of carbonyl (C=O) groups excluding carboxylic acids is 1. The van der Waals surface area contributed by atoms with Crippen molar-refractivity contribution in [2.24, 2.45) is 0 Å². The molecule has 2 heterocycles. The highest BCUT2D eigenvalue weighted by molar-refractivity contribution is 5.96. The van der Waals surface area contributed by atoms with Gasteiger partial charge in [0, 0.05) is 32.2 Å². The molecule has 0 aliphatic rings. The molecular weight excluding hydrogens is 369 g/mol. The van der Waals surface area contributed by atoms with E-state index in [4.69, 9.17) is 0 Å². The summed E-state index contributed by atoms with van der Waals surface area (Å²) in [6.07, 6.45) is 5.51. The first kappa shape index (κ1) is 19.5. The van der Waals surface area contributed by atoms with Crippen LogP contribution >= 0.6 is 0 Å². The third-order valence-corrected chi connectivity index (χ3v) is 4.22. The molecule has 0 N–H and O–H groups in total. The Bertz CT molecular complexity index is 990. The van der Waals surface area contributed by atoms with Crippen LogP contribution in [0.4, 0.5) is 24.5 Å². The van der Waals surface area contributed by atoms with Crippen LogP contribution in [-0.4, -0.2) is 27.8 Å². The van der Waals surface area contributed by atoms with Gasteiger partial charge in [-0.15, -0.1) is 0 Å². The molecule has 8 heteroatoms. The highest BCUT2D eigenvalue weighted by atomic mass is 19.3. The van der Waals surface area contributed by atoms with Crippen molar-refractivity contribution in [2.75, 3.05) is 11.9 Å². The molecule has 0 unspecified atom stereocenters. The SMILES string of the molecule is CN(c1cncnc1)c1cc(CC(=O)c2cc(C(C)(F)F)ccn2)ccc1F. The summed E-state index contributed by atoms with van der Waals surface area (Å²) in [4.78, 5) is 25.7. The minimum absolute atomic E-state index is 0.0605. The summed E-state index contributed by atoms with van der Waals surface area (Å²) in [5.41, 5.74) is 0.996. The lowest BCUT2D eigenvalue weighted by Crippen LogP contribution is -2.14. The number of rotatable bonds is 6. The van der Waals surface area contributed by atoms with Crippen molar-refractivity contribution in [3.63, 3.8) is 0 Å². The quantitative estimate of drug-likeness (QED) is 0.591. The Morgan fingerprint density at radius 1 is 1.14 bits per heavy atom. The van der Waals surface area contributed by atoms with Gasteiger partial charge in [-0.05, 0) is 29.8 Å². The first-order valence-corrected chi connectivity index (χ1v) is 8.40. The number of alkyl halides is 2. The van der Waals surface area contributed by atoms with Crippen LogP contribution in [0, 0.1) is 5.82 Å². The van der Waals surface area contributed by atoms with Crippen molar-refractivity contribution in [1.82, 2.24) is 15.0 Å². The number of hydrogen-bond donors (Lipinski definition) is 0. The van der Waals surface area contributed by atoms with Gasteiger partial charge in [0.05, 0.1) is 23.8 Å². The second kappa shape index (κ2) is 7.75. The number of pyridine rings is 1. The van der Waals surface area contributed by atoms with Crippen LogP contribution in [0.2, 0.25) is 0 Å². The van der Waals surface area contributed by atoms with Crippen molar-refractivity contribution in [3.05, 3.63) is 77.9 Å². The van der Waals surface area contributed by atoms with Crippen molar-refractivity contribution < 1.29 is 18.0 Å². The van der Waals surface area contributed by atoms with Crippen LogP contribution in [0.1, 0.15) is 28.5 Å². The van der Waals surface area contributed by atoms with E-state index in [1.54, 1.807) is 11.9 Å². The largest absolute Gasteiger partial charge is 0.340 e. The molecule has 1 aromatic carbocycles. The molecule has 144 valence electrons. The van der Waals surface area contributed by atoms with Crippen molar-refractivity contribution in [1.29, 1.82) is 0 Å². The molecule has 0 radical (unpaired) electrons. The van der Waals surface area contributed by atoms with Crippen LogP contribution < -0.4 is 4.90 Å². The topological polar surface area (TPSA) is 59.0 Å². The van der Waals surface area contributed by atoms with E-state index >= 15 is 0 Å². The van der Waals surface area contributed by atoms with E-state index in [0.717, 1.165) is 13.0 Å². The smallest absolute Gasteiger partial charge is 0.270 e. The van der Waals surface area contributed by atoms with Crippen LogP contribution in [-0.2, 0) is 12.3 Å². The summed E-state index contributed by atoms with van der Waals surface area (Å²) in [6.45, 7) is 0.756. The minimum Gasteiger partial charge on any atom is -0.340 e. The van der Waals surface area contributed by atoms with E-state index in [1.165, 1.54) is 49.2 Å². The Kier molecular flexibility index (Phi) is 5.39. The lowest BCUT2D eigenvalue weighted by molar-refractivity contribution is 0.0173. The van der Waals surface area contributed by atoms with Gasteiger partial charge in [0.25, 0.3) is 5.92 Å². The Balaban J connectivity index is 1.85. The van der Waals surface area contributed by atoms with Crippen molar-refractivity contribution >= 4 is 17.2 Å². The molecule has 0 aliphatic heterocycles. The number of halogens is 3. The number of aromatic nitrogens is 3. The average Bonchev–Trinajstić information content (AvgIpc) is 2.69. The van der Waals surface area contributed by atoms with Gasteiger partial charge in [-0.3, -0.25) is 9.78 Å². The standard InChI is InChI=1S/C20H17F3N4O/c1-20(22,23)14-5-6-26-17(9-14)19(28)8-13-3-4-16(21)18(7-13)27(2)15-10-24-12-25-11-15/h3-7,9-12H,8H2,1-2H3. The maximum atomic E-state index is 14.3. The summed E-state index contributed by atoms with van der Waals surface area (Å²) in [5, 5.41) is 0. The molecular formula is C20H17F3N4O. The molecule has 0 aliphatic carbocycles. The van der Waals surface area contributed by atoms with Crippen LogP contribution in [0.3, 0.4) is 0 Å². The molecule has 0 amide bonds. The Morgan fingerprint density at radius 3 is 2.54 bits per heavy atom. The summed E-state index contributed by atoms with van der Waals surface area (Å²) >= 11 is 0. The molecule has 0 saturated carbocycles. The Hall–Kier alpha value is -3.29. The summed E-state index contributed by atoms with van der Waals surface area (Å²) in [7, 11) is 1.65. The van der Waals surface area contributed by atoms with Gasteiger partial charge in [0.15, 0.2) is 5.78 Å². The van der Waals surface area contributed by atoms with Crippen LogP contribution in [0.25, 0.3) is 0 Å². The normalized spacial score (nSPS) is 11.3. The fourth-order valence-corrected chi connectivity index (χ4v) is 2.66. The van der Waals surface area contributed by atoms with E-state index in [2.05, 4.69) is 15.0 Å². The van der Waals surface area contributed by atoms with Gasteiger partial charge >= 0.3 is 0 Å². The molecule has 0 fully saturated rings. The number of Topliss-reactive ketones (excluding diaryl/α,β-unsaturated/α-hetero) is 1. The van der Waals surface area contributed by atoms with Crippen molar-refractivity contribution in [3.8, 4) is 0 Å². The second-order valence-corrected chi connectivity index (χ2v) is 6.36. The van der Waals surface area contributed by atoms with E-state index in [-0.39, 0.29) is 23.4 Å². The maximum Gasteiger partial charge on any atom is 0.270 e. The number of anilines is 2. The van der Waals surface area contributed by atoms with E-state index in [0.29, 0.717) is 11.3 Å². The zero-order valence-electron chi connectivity index (χ0n) is 15.2. The number of benzene rings is 1. The number of ketones is 1. The number of nitrogens with zero attached hydrogens (tertiary/aromatic N) is 4. The molecule has 3 aromatic rings. The molecule has 28 heavy (non-hydrogen) atoms. The van der Waals surface area contributed by atoms with E-state index < -0.39 is 17.5 Å². The van der Waals surface area contributed by atoms with Gasteiger partial charge in [-0.2, -0.15) is 0 Å². The van der Waals surface area contributed by atoms with Gasteiger partial charge in [0.2, 0.25) is 0 Å². The van der Waals surface area contributed by atoms with Gasteiger partial charge in [-0.1, -0.05) is 6.07 Å². The molecule has 0 saturated heterocycles. The van der Waals surface area contributed by atoms with E-state index in [1.807, 2.05) is 0 Å². The predicted octanol–water partition coefficient (Wildman–Crippen LogP) is 4.32. The third-order valence-electron chi connectivity index (χ3n) is 4.22. The molecule has 0 atom stereocenters. The zero-order chi connectivity index (χ0) is 20.3. The predicted molar refractivity (Wildman–Crippen MR) is 98.3 cm³/mol. The molecule has 0 bridgehead atoms. The lowest BCUT2D eigenvalue weighted by Gasteiger charge is -2.20. The van der Waals surface area contributed by atoms with Gasteiger partial charge in [-0.25, -0.2) is 23.1 Å². The van der Waals surface area contributed by atoms with E-state index in [9.17, 15) is 18.0 Å². The maximum absolute atomic E-state index is 14.3. The fourth-order valence-electron chi connectivity index (χ4n) is 2.66. The first-order chi connectivity index (χ1) is 13.3. The highest BCUT2D eigenvalue weighted by Gasteiger charge is 2.25. The molecule has 2 aromatic heterocycles. The third kappa shape index (κ3) is 4.33. The number of hydrogen-bond acceptors (Lipinski definition) is 5. The molecule has 5 nitrogen and oxygen atoms in total. The van der Waals surface area contributed by atoms with Crippen molar-refractivity contribution in [2.45, 2.75) is 19.3 Å². The highest BCUT2D eigenvalue weighted by Crippen LogP contribution is 2.28. The summed E-state index contributed by atoms with van der Waals surface area (Å²) in [6, 6.07) is 6.51. The first-order valence-electron chi connectivity index (χ1n) is 8.40. The van der Waals surface area contributed by atoms with Gasteiger partial charge < -0.3 is 4.90 Å². The van der Waals surface area contributed by atoms with Crippen LogP contribution in [0.15, 0.2) is 55.2 Å². The average molecular weight is 386 g/mol. The molecule has 3 rings (SSSR count). The van der Waals surface area contributed by atoms with Gasteiger partial charge in [0.1, 0.15) is 17.8 Å². The van der Waals surface area contributed by atoms with Crippen LogP contribution in [0.5, 0.6) is 0 Å². The Morgan fingerprint density at radius 2 is 1.86 bits per heavy atom. The lowest BCUT2D eigenvalue weighted by atomic mass is 10.0. The zero-order valence-corrected chi connectivity index (χ0v) is 15.2. The number of carbonyl (C=O) groups is 1. The fraction of sp³-hybridized carbons (Fsp3) is 0.200. The Labute approximate surface area is 159 Å².